The van der Waals surface area contributed by atoms with Crippen LogP contribution in [0.1, 0.15) is 32.2 Å². The molecule has 0 radical (unpaired) electrons. The highest BCUT2D eigenvalue weighted by molar-refractivity contribution is 7.15. The Labute approximate surface area is 98.7 Å². The Morgan fingerprint density at radius 2 is 2.19 bits per heavy atom. The topological polar surface area (TPSA) is 66.9 Å². The molecule has 16 heavy (non-hydrogen) atoms. The lowest BCUT2D eigenvalue weighted by Crippen LogP contribution is -2.50. The van der Waals surface area contributed by atoms with E-state index in [2.05, 4.69) is 41.6 Å². The van der Waals surface area contributed by atoms with Gasteiger partial charge in [-0.05, 0) is 13.0 Å². The van der Waals surface area contributed by atoms with Crippen molar-refractivity contribution in [2.75, 3.05) is 11.9 Å². The predicted octanol–water partition coefficient (Wildman–Crippen LogP) is 1.14. The van der Waals surface area contributed by atoms with Gasteiger partial charge in [-0.3, -0.25) is 10.1 Å². The second-order valence-corrected chi connectivity index (χ2v) is 5.92. The Kier molecular flexibility index (Phi) is 2.94. The number of hydrogen-bond acceptors (Lipinski definition) is 5. The lowest BCUT2D eigenvalue weighted by molar-refractivity contribution is -0.119. The smallest absolute Gasteiger partial charge is 0.243 e. The van der Waals surface area contributed by atoms with Gasteiger partial charge in [0.15, 0.2) is 0 Å². The van der Waals surface area contributed by atoms with Crippen molar-refractivity contribution in [2.45, 2.75) is 38.6 Å². The van der Waals surface area contributed by atoms with E-state index in [0.29, 0.717) is 5.13 Å². The van der Waals surface area contributed by atoms with Gasteiger partial charge in [0.1, 0.15) is 5.01 Å². The highest BCUT2D eigenvalue weighted by Gasteiger charge is 2.26. The SMILES string of the molecule is CC(C)(C)c1nnc(NC(=O)C2CCN2)s1. The molecule has 0 bridgehead atoms. The van der Waals surface area contributed by atoms with E-state index in [9.17, 15) is 4.79 Å². The largest absolute Gasteiger partial charge is 0.306 e. The van der Waals surface area contributed by atoms with Crippen molar-refractivity contribution in [1.29, 1.82) is 0 Å². The highest BCUT2D eigenvalue weighted by Crippen LogP contribution is 2.27. The monoisotopic (exact) mass is 240 g/mol. The predicted molar refractivity (Wildman–Crippen MR) is 63.6 cm³/mol. The maximum atomic E-state index is 11.6. The first-order valence-electron chi connectivity index (χ1n) is 5.35. The van der Waals surface area contributed by atoms with Crippen LogP contribution in [0, 0.1) is 0 Å². The van der Waals surface area contributed by atoms with Crippen molar-refractivity contribution >= 4 is 22.4 Å². The summed E-state index contributed by atoms with van der Waals surface area (Å²) in [7, 11) is 0. The first-order valence-corrected chi connectivity index (χ1v) is 6.17. The number of anilines is 1. The molecule has 0 aliphatic carbocycles. The number of carbonyl (C=O) groups is 1. The molecular formula is C10H16N4OS. The van der Waals surface area contributed by atoms with Crippen LogP contribution in [-0.2, 0) is 10.2 Å². The molecule has 5 nitrogen and oxygen atoms in total. The number of aromatic nitrogens is 2. The Bertz CT molecular complexity index is 392. The van der Waals surface area contributed by atoms with E-state index in [1.807, 2.05) is 0 Å². The van der Waals surface area contributed by atoms with Gasteiger partial charge in [0.05, 0.1) is 6.04 Å². The normalized spacial score (nSPS) is 20.3. The van der Waals surface area contributed by atoms with Crippen molar-refractivity contribution in [3.63, 3.8) is 0 Å². The number of nitrogens with zero attached hydrogens (tertiary/aromatic N) is 2. The third kappa shape index (κ3) is 2.38. The average Bonchev–Trinajstić information content (AvgIpc) is 2.47. The number of amides is 1. The van der Waals surface area contributed by atoms with E-state index in [0.717, 1.165) is 18.0 Å². The van der Waals surface area contributed by atoms with Gasteiger partial charge in [-0.1, -0.05) is 32.1 Å². The van der Waals surface area contributed by atoms with Crippen molar-refractivity contribution in [2.24, 2.45) is 0 Å². The number of hydrogen-bond donors (Lipinski definition) is 2. The van der Waals surface area contributed by atoms with Gasteiger partial charge in [-0.25, -0.2) is 0 Å². The van der Waals surface area contributed by atoms with Crippen LogP contribution in [0.5, 0.6) is 0 Å². The minimum atomic E-state index is -0.0537. The fourth-order valence-electron chi connectivity index (χ4n) is 1.28. The van der Waals surface area contributed by atoms with E-state index in [1.54, 1.807) is 0 Å². The van der Waals surface area contributed by atoms with Gasteiger partial charge >= 0.3 is 0 Å². The fourth-order valence-corrected chi connectivity index (χ4v) is 2.09. The number of nitrogens with one attached hydrogen (secondary N) is 2. The van der Waals surface area contributed by atoms with Crippen molar-refractivity contribution in [3.05, 3.63) is 5.01 Å². The van der Waals surface area contributed by atoms with E-state index in [-0.39, 0.29) is 17.4 Å². The standard InChI is InChI=1S/C10H16N4OS/c1-10(2,3)8-13-14-9(16-8)12-7(15)6-4-5-11-6/h6,11H,4-5H2,1-3H3,(H,12,14,15). The molecule has 88 valence electrons. The third-order valence-corrected chi connectivity index (χ3v) is 3.70. The average molecular weight is 240 g/mol. The summed E-state index contributed by atoms with van der Waals surface area (Å²) in [6, 6.07) is -0.0537. The quantitative estimate of drug-likeness (QED) is 0.813. The maximum Gasteiger partial charge on any atom is 0.243 e. The van der Waals surface area contributed by atoms with Gasteiger partial charge in [-0.15, -0.1) is 10.2 Å². The molecule has 1 aliphatic heterocycles. The van der Waals surface area contributed by atoms with Crippen LogP contribution < -0.4 is 10.6 Å². The van der Waals surface area contributed by atoms with Gasteiger partial charge in [-0.2, -0.15) is 0 Å². The van der Waals surface area contributed by atoms with Crippen LogP contribution in [0.25, 0.3) is 0 Å². The molecule has 1 aromatic heterocycles. The minimum absolute atomic E-state index is 0.0112. The molecule has 1 fully saturated rings. The van der Waals surface area contributed by atoms with Crippen molar-refractivity contribution < 1.29 is 4.79 Å². The lowest BCUT2D eigenvalue weighted by atomic mass is 9.98. The Balaban J connectivity index is 1.99. The first kappa shape index (κ1) is 11.5. The molecule has 2 heterocycles. The lowest BCUT2D eigenvalue weighted by Gasteiger charge is -2.25. The second kappa shape index (κ2) is 4.10. The number of carbonyl (C=O) groups excluding carboxylic acids is 1. The summed E-state index contributed by atoms with van der Waals surface area (Å²) in [6.07, 6.45) is 0.900. The van der Waals surface area contributed by atoms with Gasteiger partial charge < -0.3 is 5.32 Å². The van der Waals surface area contributed by atoms with Crippen molar-refractivity contribution in [1.82, 2.24) is 15.5 Å². The second-order valence-electron chi connectivity index (χ2n) is 4.95. The van der Waals surface area contributed by atoms with Crippen LogP contribution in [0.3, 0.4) is 0 Å². The summed E-state index contributed by atoms with van der Waals surface area (Å²) >= 11 is 1.44. The van der Waals surface area contributed by atoms with Gasteiger partial charge in [0.2, 0.25) is 11.0 Å². The highest BCUT2D eigenvalue weighted by atomic mass is 32.1. The van der Waals surface area contributed by atoms with E-state index < -0.39 is 0 Å². The Morgan fingerprint density at radius 3 is 2.62 bits per heavy atom. The molecule has 0 saturated carbocycles. The molecule has 1 aromatic rings. The minimum Gasteiger partial charge on any atom is -0.306 e. The molecule has 1 aliphatic rings. The van der Waals surface area contributed by atoms with Crippen LogP contribution in [-0.4, -0.2) is 28.7 Å². The van der Waals surface area contributed by atoms with Crippen molar-refractivity contribution in [3.8, 4) is 0 Å². The molecule has 1 unspecified atom stereocenters. The summed E-state index contributed by atoms with van der Waals surface area (Å²) in [5.74, 6) is -0.0112. The van der Waals surface area contributed by atoms with Crippen LogP contribution >= 0.6 is 11.3 Å². The fraction of sp³-hybridized carbons (Fsp3) is 0.700. The zero-order valence-electron chi connectivity index (χ0n) is 9.70. The summed E-state index contributed by atoms with van der Waals surface area (Å²) in [5.41, 5.74) is -0.0185. The molecule has 1 amide bonds. The van der Waals surface area contributed by atoms with Crippen LogP contribution in [0.2, 0.25) is 0 Å². The molecule has 1 saturated heterocycles. The molecule has 0 spiro atoms. The molecule has 6 heteroatoms. The Morgan fingerprint density at radius 1 is 1.50 bits per heavy atom. The maximum absolute atomic E-state index is 11.6. The van der Waals surface area contributed by atoms with Crippen LogP contribution in [0.4, 0.5) is 5.13 Å². The zero-order valence-corrected chi connectivity index (χ0v) is 10.5. The van der Waals surface area contributed by atoms with Crippen LogP contribution in [0.15, 0.2) is 0 Å². The van der Waals surface area contributed by atoms with Gasteiger partial charge in [0.25, 0.3) is 0 Å². The third-order valence-electron chi connectivity index (χ3n) is 2.44. The summed E-state index contributed by atoms with van der Waals surface area (Å²) in [5, 5.41) is 15.4. The van der Waals surface area contributed by atoms with E-state index in [4.69, 9.17) is 0 Å². The molecular weight excluding hydrogens is 224 g/mol. The molecule has 0 aromatic carbocycles. The van der Waals surface area contributed by atoms with Gasteiger partial charge in [0, 0.05) is 5.41 Å². The molecule has 2 rings (SSSR count). The molecule has 1 atom stereocenters. The molecule has 2 N–H and O–H groups in total. The Hall–Kier alpha value is -1.01. The number of rotatable bonds is 2. The van der Waals surface area contributed by atoms with E-state index >= 15 is 0 Å². The zero-order chi connectivity index (χ0) is 11.8. The summed E-state index contributed by atoms with van der Waals surface area (Å²) in [4.78, 5) is 11.6. The summed E-state index contributed by atoms with van der Waals surface area (Å²) < 4.78 is 0. The van der Waals surface area contributed by atoms with E-state index in [1.165, 1.54) is 11.3 Å². The summed E-state index contributed by atoms with van der Waals surface area (Å²) in [6.45, 7) is 7.15. The first-order chi connectivity index (χ1) is 7.47.